The van der Waals surface area contributed by atoms with Crippen molar-refractivity contribution in [3.63, 3.8) is 0 Å². The number of carbonyl (C=O) groups is 2. The molecule has 4 nitrogen and oxygen atoms in total. The van der Waals surface area contributed by atoms with Crippen molar-refractivity contribution in [2.24, 2.45) is 0 Å². The molecule has 0 unspecified atom stereocenters. The number of ketones is 1. The number of amides is 1. The summed E-state index contributed by atoms with van der Waals surface area (Å²) >= 11 is 0. The highest BCUT2D eigenvalue weighted by atomic mass is 16.5. The molecule has 0 saturated heterocycles. The number of unbranched alkanes of at least 4 members (excludes halogenated alkanes) is 4. The number of hydrogen-bond donors (Lipinski definition) is 0. The Balaban J connectivity index is 3.39. The molecule has 0 aromatic rings. The first kappa shape index (κ1) is 18.1. The average molecular weight is 271 g/mol. The maximum atomic E-state index is 11.7. The lowest BCUT2D eigenvalue weighted by molar-refractivity contribution is -0.130. The third kappa shape index (κ3) is 11.9. The van der Waals surface area contributed by atoms with Crippen LogP contribution in [-0.2, 0) is 14.3 Å². The number of likely N-dealkylation sites (N-methyl/N-ethyl adjacent to an activating group) is 1. The van der Waals surface area contributed by atoms with E-state index in [0.717, 1.165) is 32.1 Å². The largest absolute Gasteiger partial charge is 0.380 e. The van der Waals surface area contributed by atoms with Crippen molar-refractivity contribution in [2.75, 3.05) is 26.8 Å². The molecule has 0 N–H and O–H groups in total. The van der Waals surface area contributed by atoms with Gasteiger partial charge in [-0.3, -0.25) is 4.79 Å². The maximum Gasteiger partial charge on any atom is 0.222 e. The maximum absolute atomic E-state index is 11.7. The summed E-state index contributed by atoms with van der Waals surface area (Å²) in [5.74, 6) is 0.467. The van der Waals surface area contributed by atoms with Crippen LogP contribution in [0.2, 0.25) is 0 Å². The first-order valence-corrected chi connectivity index (χ1v) is 7.39. The van der Waals surface area contributed by atoms with Crippen LogP contribution in [0.3, 0.4) is 0 Å². The Labute approximate surface area is 117 Å². The molecule has 112 valence electrons. The van der Waals surface area contributed by atoms with E-state index in [9.17, 15) is 9.59 Å². The van der Waals surface area contributed by atoms with E-state index in [-0.39, 0.29) is 11.7 Å². The standard InChI is InChI=1S/C15H29NO3/c1-4-19-13-12-16(3)15(18)11-9-7-5-6-8-10-14(2)17/h4-13H2,1-3H3. The molecule has 0 rings (SSSR count). The topological polar surface area (TPSA) is 46.6 Å². The second-order valence-electron chi connectivity index (χ2n) is 4.98. The molecule has 0 bridgehead atoms. The van der Waals surface area contributed by atoms with Gasteiger partial charge in [0.1, 0.15) is 5.78 Å². The number of ether oxygens (including phenoxy) is 1. The molecule has 1 amide bonds. The van der Waals surface area contributed by atoms with Gasteiger partial charge in [-0.15, -0.1) is 0 Å². The summed E-state index contributed by atoms with van der Waals surface area (Å²) in [4.78, 5) is 24.2. The number of Topliss-reactive ketones (excluding diaryl/α,β-unsaturated/α-hetero) is 1. The molecular formula is C15H29NO3. The molecule has 0 saturated carbocycles. The molecule has 0 heterocycles. The average Bonchev–Trinajstić information content (AvgIpc) is 2.37. The summed E-state index contributed by atoms with van der Waals surface area (Å²) in [6, 6.07) is 0. The molecule has 0 aliphatic carbocycles. The molecule has 0 atom stereocenters. The zero-order chi connectivity index (χ0) is 14.5. The van der Waals surface area contributed by atoms with Gasteiger partial charge >= 0.3 is 0 Å². The Morgan fingerprint density at radius 1 is 1.00 bits per heavy atom. The molecule has 0 aromatic carbocycles. The molecule has 0 radical (unpaired) electrons. The van der Waals surface area contributed by atoms with E-state index in [1.165, 1.54) is 0 Å². The predicted octanol–water partition coefficient (Wildman–Crippen LogP) is 2.80. The van der Waals surface area contributed by atoms with Crippen LogP contribution in [0.5, 0.6) is 0 Å². The minimum atomic E-state index is 0.198. The van der Waals surface area contributed by atoms with Crippen molar-refractivity contribution >= 4 is 11.7 Å². The van der Waals surface area contributed by atoms with Gasteiger partial charge < -0.3 is 14.4 Å². The van der Waals surface area contributed by atoms with Crippen LogP contribution >= 0.6 is 0 Å². The third-order valence-electron chi connectivity index (χ3n) is 3.12. The fraction of sp³-hybridized carbons (Fsp3) is 0.867. The number of nitrogens with zero attached hydrogens (tertiary/aromatic N) is 1. The Bertz CT molecular complexity index is 254. The van der Waals surface area contributed by atoms with Crippen LogP contribution in [0.4, 0.5) is 0 Å². The van der Waals surface area contributed by atoms with Gasteiger partial charge in [0.15, 0.2) is 0 Å². The van der Waals surface area contributed by atoms with E-state index >= 15 is 0 Å². The van der Waals surface area contributed by atoms with Gasteiger partial charge in [0.2, 0.25) is 5.91 Å². The van der Waals surface area contributed by atoms with Gasteiger partial charge in [0, 0.05) is 33.0 Å². The second kappa shape index (κ2) is 12.2. The second-order valence-corrected chi connectivity index (χ2v) is 4.98. The minimum Gasteiger partial charge on any atom is -0.380 e. The molecule has 4 heteroatoms. The molecule has 19 heavy (non-hydrogen) atoms. The highest BCUT2D eigenvalue weighted by Crippen LogP contribution is 2.08. The zero-order valence-corrected chi connectivity index (χ0v) is 12.7. The number of rotatable bonds is 12. The quantitative estimate of drug-likeness (QED) is 0.513. The van der Waals surface area contributed by atoms with Gasteiger partial charge in [0.25, 0.3) is 0 Å². The van der Waals surface area contributed by atoms with Crippen molar-refractivity contribution in [3.8, 4) is 0 Å². The van der Waals surface area contributed by atoms with Crippen molar-refractivity contribution in [3.05, 3.63) is 0 Å². The minimum absolute atomic E-state index is 0.198. The third-order valence-corrected chi connectivity index (χ3v) is 3.12. The fourth-order valence-electron chi connectivity index (χ4n) is 1.84. The zero-order valence-electron chi connectivity index (χ0n) is 12.7. The van der Waals surface area contributed by atoms with E-state index in [2.05, 4.69) is 0 Å². The Hall–Kier alpha value is -0.900. The van der Waals surface area contributed by atoms with Gasteiger partial charge in [-0.1, -0.05) is 19.3 Å². The summed E-state index contributed by atoms with van der Waals surface area (Å²) < 4.78 is 5.22. The highest BCUT2D eigenvalue weighted by Gasteiger charge is 2.07. The SMILES string of the molecule is CCOCCN(C)C(=O)CCCCCCCC(C)=O. The van der Waals surface area contributed by atoms with Crippen LogP contribution in [0, 0.1) is 0 Å². The lowest BCUT2D eigenvalue weighted by Crippen LogP contribution is -2.29. The first-order chi connectivity index (χ1) is 9.07. The summed E-state index contributed by atoms with van der Waals surface area (Å²) in [6.45, 7) is 5.57. The van der Waals surface area contributed by atoms with Crippen molar-refractivity contribution < 1.29 is 14.3 Å². The van der Waals surface area contributed by atoms with Crippen LogP contribution in [0.15, 0.2) is 0 Å². The fourth-order valence-corrected chi connectivity index (χ4v) is 1.84. The molecule has 0 spiro atoms. The Kier molecular flexibility index (Phi) is 11.6. The summed E-state index contributed by atoms with van der Waals surface area (Å²) in [6.07, 6.45) is 6.52. The van der Waals surface area contributed by atoms with Gasteiger partial charge in [-0.2, -0.15) is 0 Å². The van der Waals surface area contributed by atoms with Gasteiger partial charge in [0.05, 0.1) is 6.61 Å². The summed E-state index contributed by atoms with van der Waals surface area (Å²) in [5.41, 5.74) is 0. The predicted molar refractivity (Wildman–Crippen MR) is 77.1 cm³/mol. The van der Waals surface area contributed by atoms with Crippen molar-refractivity contribution in [2.45, 2.75) is 58.8 Å². The van der Waals surface area contributed by atoms with Gasteiger partial charge in [-0.25, -0.2) is 0 Å². The molecule has 0 aliphatic heterocycles. The smallest absolute Gasteiger partial charge is 0.222 e. The Morgan fingerprint density at radius 3 is 2.16 bits per heavy atom. The van der Waals surface area contributed by atoms with Crippen LogP contribution in [0.1, 0.15) is 58.8 Å². The van der Waals surface area contributed by atoms with E-state index < -0.39 is 0 Å². The van der Waals surface area contributed by atoms with Crippen LogP contribution in [-0.4, -0.2) is 43.4 Å². The van der Waals surface area contributed by atoms with E-state index in [4.69, 9.17) is 4.74 Å². The van der Waals surface area contributed by atoms with E-state index in [1.807, 2.05) is 14.0 Å². The molecule has 0 fully saturated rings. The lowest BCUT2D eigenvalue weighted by Gasteiger charge is -2.16. The lowest BCUT2D eigenvalue weighted by atomic mass is 10.1. The highest BCUT2D eigenvalue weighted by molar-refractivity contribution is 5.75. The van der Waals surface area contributed by atoms with E-state index in [1.54, 1.807) is 11.8 Å². The van der Waals surface area contributed by atoms with E-state index in [0.29, 0.717) is 32.6 Å². The number of hydrogen-bond acceptors (Lipinski definition) is 3. The van der Waals surface area contributed by atoms with Crippen LogP contribution < -0.4 is 0 Å². The van der Waals surface area contributed by atoms with Gasteiger partial charge in [-0.05, 0) is 26.7 Å². The monoisotopic (exact) mass is 271 g/mol. The summed E-state index contributed by atoms with van der Waals surface area (Å²) in [5, 5.41) is 0. The van der Waals surface area contributed by atoms with Crippen LogP contribution in [0.25, 0.3) is 0 Å². The molecule has 0 aliphatic rings. The molecule has 0 aromatic heterocycles. The summed E-state index contributed by atoms with van der Waals surface area (Å²) in [7, 11) is 1.83. The normalized spacial score (nSPS) is 10.5. The molecular weight excluding hydrogens is 242 g/mol. The first-order valence-electron chi connectivity index (χ1n) is 7.39. The van der Waals surface area contributed by atoms with Crippen molar-refractivity contribution in [1.29, 1.82) is 0 Å². The Morgan fingerprint density at radius 2 is 1.58 bits per heavy atom. The van der Waals surface area contributed by atoms with Crippen molar-refractivity contribution in [1.82, 2.24) is 4.90 Å². The number of carbonyl (C=O) groups excluding carboxylic acids is 2.